The fourth-order valence-electron chi connectivity index (χ4n) is 4.10. The van der Waals surface area contributed by atoms with Gasteiger partial charge in [-0.15, -0.1) is 0 Å². The van der Waals surface area contributed by atoms with E-state index in [1.165, 1.54) is 7.11 Å². The summed E-state index contributed by atoms with van der Waals surface area (Å²) in [6.07, 6.45) is -1.15. The lowest BCUT2D eigenvalue weighted by molar-refractivity contribution is -0.138. The second kappa shape index (κ2) is 11.0. The molecule has 1 aliphatic rings. The van der Waals surface area contributed by atoms with Crippen molar-refractivity contribution < 1.29 is 29.0 Å². The molecular weight excluding hydrogens is 424 g/mol. The van der Waals surface area contributed by atoms with Gasteiger partial charge in [0, 0.05) is 19.1 Å². The Labute approximate surface area is 193 Å². The number of aliphatic carboxylic acids is 1. The molecule has 3 atom stereocenters. The lowest BCUT2D eigenvalue weighted by Gasteiger charge is -2.25. The van der Waals surface area contributed by atoms with Crippen LogP contribution in [0.15, 0.2) is 48.5 Å². The first-order valence-corrected chi connectivity index (χ1v) is 11.0. The number of rotatable bonds is 10. The van der Waals surface area contributed by atoms with Gasteiger partial charge in [0.15, 0.2) is 0 Å². The molecular formula is C25H30N2O6. The molecule has 0 bridgehead atoms. The van der Waals surface area contributed by atoms with Gasteiger partial charge in [-0.05, 0) is 35.6 Å². The van der Waals surface area contributed by atoms with Crippen LogP contribution in [0.25, 0.3) is 11.1 Å². The van der Waals surface area contributed by atoms with Crippen molar-refractivity contribution in [1.82, 2.24) is 10.6 Å². The van der Waals surface area contributed by atoms with E-state index in [1.807, 2.05) is 36.4 Å². The highest BCUT2D eigenvalue weighted by Crippen LogP contribution is 2.44. The highest BCUT2D eigenvalue weighted by atomic mass is 16.5. The van der Waals surface area contributed by atoms with Gasteiger partial charge in [0.2, 0.25) is 5.91 Å². The average Bonchev–Trinajstić information content (AvgIpc) is 3.13. The molecule has 8 heteroatoms. The number of carbonyl (C=O) groups is 3. The van der Waals surface area contributed by atoms with Crippen LogP contribution in [0.4, 0.5) is 4.79 Å². The summed E-state index contributed by atoms with van der Waals surface area (Å²) in [6, 6.07) is 14.4. The smallest absolute Gasteiger partial charge is 0.407 e. The van der Waals surface area contributed by atoms with E-state index in [0.717, 1.165) is 22.3 Å². The Morgan fingerprint density at radius 1 is 1.00 bits per heavy atom. The van der Waals surface area contributed by atoms with E-state index in [4.69, 9.17) is 14.6 Å². The lowest BCUT2D eigenvalue weighted by atomic mass is 9.98. The van der Waals surface area contributed by atoms with E-state index in [-0.39, 0.29) is 18.9 Å². The van der Waals surface area contributed by atoms with Gasteiger partial charge < -0.3 is 25.2 Å². The van der Waals surface area contributed by atoms with Gasteiger partial charge in [-0.3, -0.25) is 9.59 Å². The molecule has 0 radical (unpaired) electrons. The van der Waals surface area contributed by atoms with Crippen molar-refractivity contribution in [2.75, 3.05) is 13.7 Å². The molecule has 2 unspecified atom stereocenters. The molecule has 0 aliphatic heterocycles. The van der Waals surface area contributed by atoms with Gasteiger partial charge in [-0.25, -0.2) is 4.79 Å². The third-order valence-electron chi connectivity index (χ3n) is 6.00. The van der Waals surface area contributed by atoms with Crippen LogP contribution in [0.1, 0.15) is 43.7 Å². The maximum Gasteiger partial charge on any atom is 0.407 e. The van der Waals surface area contributed by atoms with E-state index < -0.39 is 36.2 Å². The van der Waals surface area contributed by atoms with Crippen molar-refractivity contribution >= 4 is 18.0 Å². The predicted molar refractivity (Wildman–Crippen MR) is 123 cm³/mol. The Hall–Kier alpha value is -3.39. The topological polar surface area (TPSA) is 114 Å². The molecule has 33 heavy (non-hydrogen) atoms. The van der Waals surface area contributed by atoms with E-state index in [0.29, 0.717) is 6.42 Å². The zero-order valence-electron chi connectivity index (χ0n) is 19.0. The standard InChI is InChI=1S/C25H30N2O6/c1-4-16(13-22(28)29)26-24(30)23(15(2)32-3)27-25(31)33-14-21-19-11-7-5-9-17(19)18-10-6-8-12-20(18)21/h5-12,15-16,21,23H,4,13-14H2,1-3H3,(H,26,30)(H,27,31)(H,28,29)/t15?,16-,23?/m0/s1. The Morgan fingerprint density at radius 3 is 2.09 bits per heavy atom. The van der Waals surface area contributed by atoms with E-state index in [9.17, 15) is 14.4 Å². The first kappa shape index (κ1) is 24.3. The molecule has 0 heterocycles. The molecule has 0 fully saturated rings. The van der Waals surface area contributed by atoms with E-state index in [2.05, 4.69) is 22.8 Å². The largest absolute Gasteiger partial charge is 0.481 e. The normalized spacial score (nSPS) is 15.0. The second-order valence-corrected chi connectivity index (χ2v) is 8.10. The molecule has 2 amide bonds. The summed E-state index contributed by atoms with van der Waals surface area (Å²) >= 11 is 0. The number of carbonyl (C=O) groups excluding carboxylic acids is 2. The highest BCUT2D eigenvalue weighted by Gasteiger charge is 2.32. The molecule has 1 aliphatic carbocycles. The summed E-state index contributed by atoms with van der Waals surface area (Å²) in [5, 5.41) is 14.3. The molecule has 3 N–H and O–H groups in total. The molecule has 2 aromatic carbocycles. The van der Waals surface area contributed by atoms with Crippen molar-refractivity contribution in [1.29, 1.82) is 0 Å². The Kier molecular flexibility index (Phi) is 8.06. The monoisotopic (exact) mass is 454 g/mol. The van der Waals surface area contributed by atoms with Gasteiger partial charge in [-0.1, -0.05) is 55.5 Å². The predicted octanol–water partition coefficient (Wildman–Crippen LogP) is 3.30. The summed E-state index contributed by atoms with van der Waals surface area (Å²) in [5.74, 6) is -1.63. The molecule has 0 saturated carbocycles. The van der Waals surface area contributed by atoms with Crippen molar-refractivity contribution in [3.05, 3.63) is 59.7 Å². The Bertz CT molecular complexity index is 962. The summed E-state index contributed by atoms with van der Waals surface area (Å²) in [4.78, 5) is 36.4. The van der Waals surface area contributed by atoms with Crippen LogP contribution in [-0.2, 0) is 19.1 Å². The molecule has 0 aromatic heterocycles. The highest BCUT2D eigenvalue weighted by molar-refractivity contribution is 5.87. The van der Waals surface area contributed by atoms with Gasteiger partial charge in [0.1, 0.15) is 12.6 Å². The number of nitrogens with one attached hydrogen (secondary N) is 2. The molecule has 8 nitrogen and oxygen atoms in total. The van der Waals surface area contributed by atoms with E-state index in [1.54, 1.807) is 13.8 Å². The first-order valence-electron chi connectivity index (χ1n) is 11.0. The van der Waals surface area contributed by atoms with Crippen LogP contribution in [-0.4, -0.2) is 55.0 Å². The summed E-state index contributed by atoms with van der Waals surface area (Å²) in [6.45, 7) is 3.54. The zero-order chi connectivity index (χ0) is 24.0. The number of methoxy groups -OCH3 is 1. The summed E-state index contributed by atoms with van der Waals surface area (Å²) < 4.78 is 10.8. The molecule has 2 aromatic rings. The number of benzene rings is 2. The minimum absolute atomic E-state index is 0.102. The van der Waals surface area contributed by atoms with Crippen LogP contribution < -0.4 is 10.6 Å². The number of fused-ring (bicyclic) bond motifs is 3. The minimum atomic E-state index is -1.03. The number of hydrogen-bond donors (Lipinski definition) is 3. The van der Waals surface area contributed by atoms with Crippen molar-refractivity contribution in [2.24, 2.45) is 0 Å². The number of hydrogen-bond acceptors (Lipinski definition) is 5. The summed E-state index contributed by atoms with van der Waals surface area (Å²) in [7, 11) is 1.43. The maximum absolute atomic E-state index is 12.8. The van der Waals surface area contributed by atoms with Gasteiger partial charge in [-0.2, -0.15) is 0 Å². The summed E-state index contributed by atoms with van der Waals surface area (Å²) in [5.41, 5.74) is 4.42. The average molecular weight is 455 g/mol. The molecule has 0 spiro atoms. The van der Waals surface area contributed by atoms with Crippen LogP contribution >= 0.6 is 0 Å². The Morgan fingerprint density at radius 2 is 1.58 bits per heavy atom. The van der Waals surface area contributed by atoms with Crippen LogP contribution in [0.5, 0.6) is 0 Å². The van der Waals surface area contributed by atoms with E-state index >= 15 is 0 Å². The quantitative estimate of drug-likeness (QED) is 0.508. The van der Waals surface area contributed by atoms with Crippen molar-refractivity contribution in [3.8, 4) is 11.1 Å². The zero-order valence-corrected chi connectivity index (χ0v) is 19.0. The van der Waals surface area contributed by atoms with Crippen molar-refractivity contribution in [2.45, 2.75) is 50.8 Å². The van der Waals surface area contributed by atoms with Gasteiger partial charge >= 0.3 is 12.1 Å². The maximum atomic E-state index is 12.8. The number of carboxylic acid groups (broad SMARTS) is 1. The van der Waals surface area contributed by atoms with Crippen LogP contribution in [0.3, 0.4) is 0 Å². The fraction of sp³-hybridized carbons (Fsp3) is 0.400. The number of amides is 2. The lowest BCUT2D eigenvalue weighted by Crippen LogP contribution is -2.55. The third-order valence-corrected chi connectivity index (χ3v) is 6.00. The second-order valence-electron chi connectivity index (χ2n) is 8.10. The molecule has 3 rings (SSSR count). The van der Waals surface area contributed by atoms with Gasteiger partial charge in [0.25, 0.3) is 0 Å². The SMILES string of the molecule is CC[C@@H](CC(=O)O)NC(=O)C(NC(=O)OCC1c2ccccc2-c2ccccc21)C(C)OC. The fourth-order valence-corrected chi connectivity index (χ4v) is 4.10. The van der Waals surface area contributed by atoms with Crippen molar-refractivity contribution in [3.63, 3.8) is 0 Å². The van der Waals surface area contributed by atoms with Gasteiger partial charge in [0.05, 0.1) is 12.5 Å². The Balaban J connectivity index is 1.66. The number of alkyl carbamates (subject to hydrolysis) is 1. The molecule has 0 saturated heterocycles. The number of carboxylic acids is 1. The minimum Gasteiger partial charge on any atom is -0.481 e. The molecule has 176 valence electrons. The van der Waals surface area contributed by atoms with Crippen LogP contribution in [0, 0.1) is 0 Å². The van der Waals surface area contributed by atoms with Crippen LogP contribution in [0.2, 0.25) is 0 Å². The third kappa shape index (κ3) is 5.70. The number of ether oxygens (including phenoxy) is 2. The first-order chi connectivity index (χ1) is 15.8.